The normalized spacial score (nSPS) is 18.5. The highest BCUT2D eigenvalue weighted by molar-refractivity contribution is 5.79. The number of rotatable bonds is 7. The van der Waals surface area contributed by atoms with Crippen LogP contribution in [0.5, 0.6) is 0 Å². The van der Waals surface area contributed by atoms with Crippen LogP contribution in [-0.2, 0) is 0 Å². The molecule has 0 atom stereocenters. The molecule has 0 aromatic heterocycles. The van der Waals surface area contributed by atoms with Gasteiger partial charge in [0.15, 0.2) is 5.96 Å². The van der Waals surface area contributed by atoms with Crippen molar-refractivity contribution in [3.05, 3.63) is 0 Å². The summed E-state index contributed by atoms with van der Waals surface area (Å²) in [6.07, 6.45) is 3.89. The number of likely N-dealkylation sites (tertiary alicyclic amines) is 1. The molecule has 1 heterocycles. The molecular formula is C17H37N5. The fourth-order valence-electron chi connectivity index (χ4n) is 2.63. The lowest BCUT2D eigenvalue weighted by atomic mass is 9.99. The minimum absolute atomic E-state index is 0.171. The summed E-state index contributed by atoms with van der Waals surface area (Å²) < 4.78 is 0. The molecule has 1 saturated heterocycles. The lowest BCUT2D eigenvalue weighted by Crippen LogP contribution is -2.45. The number of nitrogens with zero attached hydrogens (tertiary/aromatic N) is 2. The van der Waals surface area contributed by atoms with E-state index in [9.17, 15) is 0 Å². The first-order chi connectivity index (χ1) is 10.4. The predicted octanol–water partition coefficient (Wildman–Crippen LogP) is 1.66. The van der Waals surface area contributed by atoms with Crippen molar-refractivity contribution in [3.63, 3.8) is 0 Å². The van der Waals surface area contributed by atoms with E-state index in [-0.39, 0.29) is 5.54 Å². The van der Waals surface area contributed by atoms with Gasteiger partial charge in [0.2, 0.25) is 0 Å². The summed E-state index contributed by atoms with van der Waals surface area (Å²) in [6.45, 7) is 15.5. The lowest BCUT2D eigenvalue weighted by Gasteiger charge is -2.30. The Kier molecular flexibility index (Phi) is 8.79. The standard InChI is InChI=1S/C17H37N5/c1-15-7-13-22(14-8-15)12-6-9-19-16(18-5)20-10-11-21-17(2,3)4/h15,21H,6-14H2,1-5H3,(H2,18,19,20). The van der Waals surface area contributed by atoms with E-state index in [1.54, 1.807) is 0 Å². The van der Waals surface area contributed by atoms with E-state index >= 15 is 0 Å². The zero-order chi connectivity index (χ0) is 16.4. The Morgan fingerprint density at radius 3 is 2.32 bits per heavy atom. The molecule has 0 unspecified atom stereocenters. The van der Waals surface area contributed by atoms with E-state index < -0.39 is 0 Å². The SMILES string of the molecule is CN=C(NCCCN1CCC(C)CC1)NCCNC(C)(C)C. The van der Waals surface area contributed by atoms with Gasteiger partial charge in [-0.15, -0.1) is 0 Å². The number of nitrogens with one attached hydrogen (secondary N) is 3. The zero-order valence-corrected chi connectivity index (χ0v) is 15.3. The second kappa shape index (κ2) is 10.1. The van der Waals surface area contributed by atoms with Crippen LogP contribution >= 0.6 is 0 Å². The van der Waals surface area contributed by atoms with Crippen molar-refractivity contribution >= 4 is 5.96 Å². The smallest absolute Gasteiger partial charge is 0.191 e. The molecule has 5 heteroatoms. The number of guanidine groups is 1. The van der Waals surface area contributed by atoms with Crippen molar-refractivity contribution in [2.75, 3.05) is 46.3 Å². The molecule has 1 fully saturated rings. The van der Waals surface area contributed by atoms with Crippen LogP contribution in [0.1, 0.15) is 47.0 Å². The summed E-state index contributed by atoms with van der Waals surface area (Å²) in [6, 6.07) is 0. The molecule has 0 spiro atoms. The van der Waals surface area contributed by atoms with E-state index in [2.05, 4.69) is 53.5 Å². The van der Waals surface area contributed by atoms with Gasteiger partial charge in [-0.3, -0.25) is 4.99 Å². The molecule has 3 N–H and O–H groups in total. The molecule has 0 saturated carbocycles. The molecule has 0 bridgehead atoms. The number of hydrogen-bond acceptors (Lipinski definition) is 3. The van der Waals surface area contributed by atoms with Gasteiger partial charge in [-0.1, -0.05) is 6.92 Å². The summed E-state index contributed by atoms with van der Waals surface area (Å²) in [4.78, 5) is 6.86. The maximum Gasteiger partial charge on any atom is 0.191 e. The third kappa shape index (κ3) is 9.26. The molecule has 0 aromatic carbocycles. The maximum atomic E-state index is 4.27. The van der Waals surface area contributed by atoms with Crippen LogP contribution in [0, 0.1) is 5.92 Å². The molecule has 0 aliphatic carbocycles. The molecule has 1 aliphatic heterocycles. The number of piperidine rings is 1. The Morgan fingerprint density at radius 1 is 1.09 bits per heavy atom. The number of aliphatic imine (C=N–C) groups is 1. The Hall–Kier alpha value is -0.810. The topological polar surface area (TPSA) is 51.7 Å². The van der Waals surface area contributed by atoms with Gasteiger partial charge >= 0.3 is 0 Å². The summed E-state index contributed by atoms with van der Waals surface area (Å²) in [5.41, 5.74) is 0.171. The van der Waals surface area contributed by atoms with E-state index in [0.717, 1.165) is 31.5 Å². The molecule has 130 valence electrons. The van der Waals surface area contributed by atoms with Crippen molar-refractivity contribution in [3.8, 4) is 0 Å². The van der Waals surface area contributed by atoms with E-state index in [0.29, 0.717) is 0 Å². The monoisotopic (exact) mass is 311 g/mol. The lowest BCUT2D eigenvalue weighted by molar-refractivity contribution is 0.191. The van der Waals surface area contributed by atoms with Crippen molar-refractivity contribution in [2.45, 2.75) is 52.5 Å². The summed E-state index contributed by atoms with van der Waals surface area (Å²) in [7, 11) is 1.83. The summed E-state index contributed by atoms with van der Waals surface area (Å²) in [5, 5.41) is 10.2. The average molecular weight is 312 g/mol. The van der Waals surface area contributed by atoms with Crippen LogP contribution in [0.15, 0.2) is 4.99 Å². The van der Waals surface area contributed by atoms with Gasteiger partial charge in [0.1, 0.15) is 0 Å². The predicted molar refractivity (Wildman–Crippen MR) is 96.6 cm³/mol. The Balaban J connectivity index is 2.04. The minimum Gasteiger partial charge on any atom is -0.356 e. The third-order valence-electron chi connectivity index (χ3n) is 4.12. The Bertz CT molecular complexity index is 314. The van der Waals surface area contributed by atoms with E-state index in [1.165, 1.54) is 38.9 Å². The highest BCUT2D eigenvalue weighted by atomic mass is 15.2. The number of hydrogen-bond donors (Lipinski definition) is 3. The van der Waals surface area contributed by atoms with Gasteiger partial charge < -0.3 is 20.9 Å². The van der Waals surface area contributed by atoms with E-state index in [4.69, 9.17) is 0 Å². The molecular weight excluding hydrogens is 274 g/mol. The maximum absolute atomic E-state index is 4.27. The van der Waals surface area contributed by atoms with Gasteiger partial charge in [0.25, 0.3) is 0 Å². The van der Waals surface area contributed by atoms with E-state index in [1.807, 2.05) is 7.05 Å². The van der Waals surface area contributed by atoms with Gasteiger partial charge in [0.05, 0.1) is 0 Å². The van der Waals surface area contributed by atoms with Crippen LogP contribution in [0.4, 0.5) is 0 Å². The summed E-state index contributed by atoms with van der Waals surface area (Å²) in [5.74, 6) is 1.82. The molecule has 1 aliphatic rings. The quantitative estimate of drug-likeness (QED) is 0.380. The largest absolute Gasteiger partial charge is 0.356 e. The molecule has 0 amide bonds. The molecule has 5 nitrogen and oxygen atoms in total. The minimum atomic E-state index is 0.171. The average Bonchev–Trinajstić information content (AvgIpc) is 2.46. The van der Waals surface area contributed by atoms with Crippen LogP contribution in [-0.4, -0.2) is 62.7 Å². The van der Waals surface area contributed by atoms with Crippen LogP contribution < -0.4 is 16.0 Å². The highest BCUT2D eigenvalue weighted by Gasteiger charge is 2.14. The fourth-order valence-corrected chi connectivity index (χ4v) is 2.63. The second-order valence-electron chi connectivity index (χ2n) is 7.48. The fraction of sp³-hybridized carbons (Fsp3) is 0.941. The molecule has 1 rings (SSSR count). The van der Waals surface area contributed by atoms with Crippen molar-refractivity contribution < 1.29 is 0 Å². The van der Waals surface area contributed by atoms with Gasteiger partial charge in [-0.25, -0.2) is 0 Å². The van der Waals surface area contributed by atoms with Gasteiger partial charge in [-0.2, -0.15) is 0 Å². The van der Waals surface area contributed by atoms with Crippen molar-refractivity contribution in [1.29, 1.82) is 0 Å². The van der Waals surface area contributed by atoms with Gasteiger partial charge in [0, 0.05) is 32.2 Å². The second-order valence-corrected chi connectivity index (χ2v) is 7.48. The molecule has 0 radical (unpaired) electrons. The Morgan fingerprint density at radius 2 is 1.73 bits per heavy atom. The van der Waals surface area contributed by atoms with Crippen molar-refractivity contribution in [2.24, 2.45) is 10.9 Å². The zero-order valence-electron chi connectivity index (χ0n) is 15.3. The summed E-state index contributed by atoms with van der Waals surface area (Å²) >= 11 is 0. The first-order valence-electron chi connectivity index (χ1n) is 8.82. The van der Waals surface area contributed by atoms with Crippen LogP contribution in [0.25, 0.3) is 0 Å². The van der Waals surface area contributed by atoms with Crippen molar-refractivity contribution in [1.82, 2.24) is 20.9 Å². The van der Waals surface area contributed by atoms with Crippen LogP contribution in [0.2, 0.25) is 0 Å². The van der Waals surface area contributed by atoms with Gasteiger partial charge in [-0.05, 0) is 65.6 Å². The molecule has 0 aromatic rings. The first kappa shape index (κ1) is 19.2. The highest BCUT2D eigenvalue weighted by Crippen LogP contribution is 2.15. The van der Waals surface area contributed by atoms with Crippen LogP contribution in [0.3, 0.4) is 0 Å². The molecule has 22 heavy (non-hydrogen) atoms. The Labute approximate surface area is 137 Å². The first-order valence-corrected chi connectivity index (χ1v) is 8.82. The third-order valence-corrected chi connectivity index (χ3v) is 4.12.